The number of hydrogen-bond acceptors (Lipinski definition) is 3. The SMILES string of the molecule is COc1cccc(CON=Cc2ccc(C(F)F)cc2)c1. The van der Waals surface area contributed by atoms with Crippen LogP contribution >= 0.6 is 0 Å². The maximum Gasteiger partial charge on any atom is 0.263 e. The van der Waals surface area contributed by atoms with Gasteiger partial charge in [-0.2, -0.15) is 0 Å². The van der Waals surface area contributed by atoms with E-state index in [0.717, 1.165) is 11.3 Å². The molecule has 0 unspecified atom stereocenters. The van der Waals surface area contributed by atoms with Gasteiger partial charge in [-0.1, -0.05) is 41.6 Å². The van der Waals surface area contributed by atoms with Gasteiger partial charge in [0.15, 0.2) is 0 Å². The highest BCUT2D eigenvalue weighted by Gasteiger charge is 2.04. The third-order valence-corrected chi connectivity index (χ3v) is 2.83. The molecule has 2 aromatic carbocycles. The molecule has 0 atom stereocenters. The van der Waals surface area contributed by atoms with Gasteiger partial charge in [0.1, 0.15) is 12.4 Å². The number of halogens is 2. The fourth-order valence-electron chi connectivity index (χ4n) is 1.70. The van der Waals surface area contributed by atoms with Crippen LogP contribution in [0.1, 0.15) is 23.1 Å². The molecule has 0 heterocycles. The van der Waals surface area contributed by atoms with Crippen LogP contribution in [0.2, 0.25) is 0 Å². The van der Waals surface area contributed by atoms with E-state index in [9.17, 15) is 8.78 Å². The first-order valence-electron chi connectivity index (χ1n) is 6.35. The van der Waals surface area contributed by atoms with Crippen molar-refractivity contribution < 1.29 is 18.4 Å². The summed E-state index contributed by atoms with van der Waals surface area (Å²) in [4.78, 5) is 5.17. The molecule has 0 aliphatic rings. The molecule has 0 spiro atoms. The van der Waals surface area contributed by atoms with Crippen LogP contribution in [0.25, 0.3) is 0 Å². The lowest BCUT2D eigenvalue weighted by molar-refractivity contribution is 0.132. The molecular weight excluding hydrogens is 276 g/mol. The Morgan fingerprint density at radius 1 is 1.14 bits per heavy atom. The van der Waals surface area contributed by atoms with Crippen molar-refractivity contribution in [3.8, 4) is 5.75 Å². The lowest BCUT2D eigenvalue weighted by Gasteiger charge is -2.03. The van der Waals surface area contributed by atoms with Crippen LogP contribution < -0.4 is 4.74 Å². The molecule has 0 amide bonds. The second kappa shape index (κ2) is 7.38. The summed E-state index contributed by atoms with van der Waals surface area (Å²) in [5, 5.41) is 3.81. The summed E-state index contributed by atoms with van der Waals surface area (Å²) >= 11 is 0. The third-order valence-electron chi connectivity index (χ3n) is 2.83. The molecule has 0 fully saturated rings. The molecule has 0 aliphatic carbocycles. The highest BCUT2D eigenvalue weighted by Crippen LogP contribution is 2.18. The molecular formula is C16H15F2NO2. The van der Waals surface area contributed by atoms with E-state index < -0.39 is 6.43 Å². The first kappa shape index (κ1) is 15.0. The lowest BCUT2D eigenvalue weighted by atomic mass is 10.1. The van der Waals surface area contributed by atoms with E-state index in [2.05, 4.69) is 5.16 Å². The minimum Gasteiger partial charge on any atom is -0.497 e. The van der Waals surface area contributed by atoms with Crippen LogP contribution in [-0.2, 0) is 11.4 Å². The van der Waals surface area contributed by atoms with Gasteiger partial charge in [0.2, 0.25) is 0 Å². The monoisotopic (exact) mass is 291 g/mol. The third kappa shape index (κ3) is 4.56. The summed E-state index contributed by atoms with van der Waals surface area (Å²) in [5.41, 5.74) is 1.62. The van der Waals surface area contributed by atoms with Gasteiger partial charge in [0.05, 0.1) is 13.3 Å². The fourth-order valence-corrected chi connectivity index (χ4v) is 1.70. The van der Waals surface area contributed by atoms with E-state index in [1.807, 2.05) is 24.3 Å². The van der Waals surface area contributed by atoms with E-state index in [1.165, 1.54) is 18.3 Å². The quantitative estimate of drug-likeness (QED) is 0.590. The van der Waals surface area contributed by atoms with Crippen molar-refractivity contribution >= 4 is 6.21 Å². The summed E-state index contributed by atoms with van der Waals surface area (Å²) < 4.78 is 29.9. The predicted octanol–water partition coefficient (Wildman–Crippen LogP) is 4.18. The van der Waals surface area contributed by atoms with Crippen LogP contribution in [0.4, 0.5) is 8.78 Å². The number of hydrogen-bond donors (Lipinski definition) is 0. The number of oxime groups is 1. The first-order chi connectivity index (χ1) is 10.2. The molecule has 0 aliphatic heterocycles. The molecule has 0 bridgehead atoms. The molecule has 2 rings (SSSR count). The smallest absolute Gasteiger partial charge is 0.263 e. The zero-order valence-corrected chi connectivity index (χ0v) is 11.5. The van der Waals surface area contributed by atoms with Gasteiger partial charge >= 0.3 is 0 Å². The van der Waals surface area contributed by atoms with Crippen molar-refractivity contribution in [2.45, 2.75) is 13.0 Å². The summed E-state index contributed by atoms with van der Waals surface area (Å²) in [6, 6.07) is 13.3. The van der Waals surface area contributed by atoms with E-state index in [1.54, 1.807) is 19.2 Å². The fraction of sp³-hybridized carbons (Fsp3) is 0.188. The van der Waals surface area contributed by atoms with E-state index in [-0.39, 0.29) is 5.56 Å². The molecule has 110 valence electrons. The number of ether oxygens (including phenoxy) is 1. The second-order valence-corrected chi connectivity index (χ2v) is 4.33. The zero-order chi connectivity index (χ0) is 15.1. The normalized spacial score (nSPS) is 11.0. The molecule has 0 N–H and O–H groups in total. The van der Waals surface area contributed by atoms with Crippen molar-refractivity contribution in [3.63, 3.8) is 0 Å². The van der Waals surface area contributed by atoms with E-state index in [0.29, 0.717) is 12.2 Å². The molecule has 0 aromatic heterocycles. The van der Waals surface area contributed by atoms with Crippen LogP contribution in [0.3, 0.4) is 0 Å². The zero-order valence-electron chi connectivity index (χ0n) is 11.5. The van der Waals surface area contributed by atoms with Gasteiger partial charge in [-0.05, 0) is 23.3 Å². The van der Waals surface area contributed by atoms with Crippen molar-refractivity contribution in [3.05, 3.63) is 65.2 Å². The van der Waals surface area contributed by atoms with Gasteiger partial charge in [0.25, 0.3) is 6.43 Å². The largest absolute Gasteiger partial charge is 0.497 e. The Kier molecular flexibility index (Phi) is 5.26. The van der Waals surface area contributed by atoms with E-state index >= 15 is 0 Å². The maximum atomic E-state index is 12.4. The average molecular weight is 291 g/mol. The molecule has 0 saturated carbocycles. The molecule has 0 radical (unpaired) electrons. The minimum absolute atomic E-state index is 0.00977. The van der Waals surface area contributed by atoms with Crippen LogP contribution in [-0.4, -0.2) is 13.3 Å². The van der Waals surface area contributed by atoms with Gasteiger partial charge in [-0.25, -0.2) is 8.78 Å². The highest BCUT2D eigenvalue weighted by molar-refractivity contribution is 5.79. The van der Waals surface area contributed by atoms with Gasteiger partial charge in [0, 0.05) is 5.56 Å². The molecule has 3 nitrogen and oxygen atoms in total. The Bertz CT molecular complexity index is 597. The minimum atomic E-state index is -2.46. The van der Waals surface area contributed by atoms with Gasteiger partial charge in [-0.3, -0.25) is 0 Å². The van der Waals surface area contributed by atoms with Crippen molar-refractivity contribution in [1.29, 1.82) is 0 Å². The standard InChI is InChI=1S/C16H15F2NO2/c1-20-15-4-2-3-13(9-15)11-21-19-10-12-5-7-14(8-6-12)16(17)18/h2-10,16H,11H2,1H3. The van der Waals surface area contributed by atoms with Crippen LogP contribution in [0.5, 0.6) is 5.75 Å². The summed E-state index contributed by atoms with van der Waals surface area (Å²) in [7, 11) is 1.60. The topological polar surface area (TPSA) is 30.8 Å². The van der Waals surface area contributed by atoms with Crippen molar-refractivity contribution in [2.24, 2.45) is 5.16 Å². The maximum absolute atomic E-state index is 12.4. The summed E-state index contributed by atoms with van der Waals surface area (Å²) in [5.74, 6) is 0.752. The Labute approximate surface area is 121 Å². The highest BCUT2D eigenvalue weighted by atomic mass is 19.3. The predicted molar refractivity (Wildman–Crippen MR) is 76.8 cm³/mol. The van der Waals surface area contributed by atoms with Crippen molar-refractivity contribution in [2.75, 3.05) is 7.11 Å². The number of benzene rings is 2. The van der Waals surface area contributed by atoms with Crippen molar-refractivity contribution in [1.82, 2.24) is 0 Å². The van der Waals surface area contributed by atoms with Gasteiger partial charge in [-0.15, -0.1) is 0 Å². The number of methoxy groups -OCH3 is 1. The molecule has 0 saturated heterocycles. The Morgan fingerprint density at radius 2 is 1.90 bits per heavy atom. The van der Waals surface area contributed by atoms with E-state index in [4.69, 9.17) is 9.57 Å². The Morgan fingerprint density at radius 3 is 2.57 bits per heavy atom. The first-order valence-corrected chi connectivity index (χ1v) is 6.35. The lowest BCUT2D eigenvalue weighted by Crippen LogP contribution is -1.90. The van der Waals surface area contributed by atoms with Crippen LogP contribution in [0.15, 0.2) is 53.7 Å². The molecule has 21 heavy (non-hydrogen) atoms. The molecule has 5 heteroatoms. The summed E-state index contributed by atoms with van der Waals surface area (Å²) in [6.45, 7) is 0.308. The van der Waals surface area contributed by atoms with Gasteiger partial charge < -0.3 is 9.57 Å². The Hall–Kier alpha value is -2.43. The number of alkyl halides is 2. The number of nitrogens with zero attached hydrogens (tertiary/aromatic N) is 1. The molecule has 2 aromatic rings. The van der Waals surface area contributed by atoms with Crippen LogP contribution in [0, 0.1) is 0 Å². The Balaban J connectivity index is 1.87. The average Bonchev–Trinajstić information content (AvgIpc) is 2.52. The summed E-state index contributed by atoms with van der Waals surface area (Å²) in [6.07, 6.45) is -0.976. The number of rotatable bonds is 6. The second-order valence-electron chi connectivity index (χ2n) is 4.33.